The van der Waals surface area contributed by atoms with Crippen LogP contribution >= 0.6 is 11.6 Å². The molecule has 0 amide bonds. The van der Waals surface area contributed by atoms with E-state index in [2.05, 4.69) is 5.32 Å². The molecular weight excluding hydrogens is 205 g/mol. The highest BCUT2D eigenvalue weighted by atomic mass is 35.5. The minimum atomic E-state index is -0.666. The molecule has 1 aromatic carbocycles. The van der Waals surface area contributed by atoms with Crippen LogP contribution in [0.4, 0.5) is 10.1 Å². The lowest BCUT2D eigenvalue weighted by Gasteiger charge is -2.15. The largest absolute Gasteiger partial charge is 0.382 e. The lowest BCUT2D eigenvalue weighted by atomic mass is 9.86. The number of fused-ring (bicyclic) bond motifs is 1. The maximum atomic E-state index is 13.1. The third-order valence-corrected chi connectivity index (χ3v) is 2.86. The Kier molecular flexibility index (Phi) is 2.00. The van der Waals surface area contributed by atoms with E-state index in [0.29, 0.717) is 22.8 Å². The lowest BCUT2D eigenvalue weighted by molar-refractivity contribution is -0.111. The number of rotatable bonds is 1. The third-order valence-electron chi connectivity index (χ3n) is 2.56. The average molecular weight is 214 g/mol. The van der Waals surface area contributed by atoms with Gasteiger partial charge in [0, 0.05) is 6.54 Å². The summed E-state index contributed by atoms with van der Waals surface area (Å²) in [5.41, 5.74) is 0.640. The SMILES string of the molecule is CC1(C=O)CNc2c(Cl)cc(F)cc21. The summed E-state index contributed by atoms with van der Waals surface area (Å²) < 4.78 is 13.1. The van der Waals surface area contributed by atoms with Gasteiger partial charge in [-0.15, -0.1) is 0 Å². The second-order valence-electron chi connectivity index (χ2n) is 3.70. The fourth-order valence-corrected chi connectivity index (χ4v) is 1.95. The first-order valence-electron chi connectivity index (χ1n) is 4.26. The van der Waals surface area contributed by atoms with Crippen LogP contribution in [-0.4, -0.2) is 12.8 Å². The summed E-state index contributed by atoms with van der Waals surface area (Å²) in [5, 5.41) is 3.33. The molecule has 2 rings (SSSR count). The highest BCUT2D eigenvalue weighted by Crippen LogP contribution is 2.40. The van der Waals surface area contributed by atoms with E-state index in [-0.39, 0.29) is 0 Å². The highest BCUT2D eigenvalue weighted by molar-refractivity contribution is 6.33. The maximum Gasteiger partial charge on any atom is 0.132 e. The average Bonchev–Trinajstić information content (AvgIpc) is 2.46. The normalized spacial score (nSPS) is 24.2. The van der Waals surface area contributed by atoms with Crippen LogP contribution in [0.5, 0.6) is 0 Å². The van der Waals surface area contributed by atoms with Crippen molar-refractivity contribution in [1.29, 1.82) is 0 Å². The second kappa shape index (κ2) is 2.95. The van der Waals surface area contributed by atoms with Gasteiger partial charge in [0.25, 0.3) is 0 Å². The molecule has 1 N–H and O–H groups in total. The van der Waals surface area contributed by atoms with Crippen LogP contribution < -0.4 is 5.32 Å². The summed E-state index contributed by atoms with van der Waals surface area (Å²) >= 11 is 5.84. The van der Waals surface area contributed by atoms with Crippen molar-refractivity contribution in [2.45, 2.75) is 12.3 Å². The summed E-state index contributed by atoms with van der Waals surface area (Å²) in [5.74, 6) is -0.412. The van der Waals surface area contributed by atoms with Crippen LogP contribution in [0.3, 0.4) is 0 Å². The molecule has 0 fully saturated rings. The van der Waals surface area contributed by atoms with Crippen LogP contribution in [0.15, 0.2) is 12.1 Å². The van der Waals surface area contributed by atoms with Crippen molar-refractivity contribution in [1.82, 2.24) is 0 Å². The molecule has 4 heteroatoms. The molecule has 0 radical (unpaired) electrons. The Balaban J connectivity index is 2.65. The number of halogens is 2. The van der Waals surface area contributed by atoms with Gasteiger partial charge in [0.15, 0.2) is 0 Å². The number of carbonyl (C=O) groups excluding carboxylic acids is 1. The Morgan fingerprint density at radius 3 is 3.00 bits per heavy atom. The molecule has 1 unspecified atom stereocenters. The zero-order valence-electron chi connectivity index (χ0n) is 7.60. The van der Waals surface area contributed by atoms with Gasteiger partial charge < -0.3 is 10.1 Å². The van der Waals surface area contributed by atoms with Crippen molar-refractivity contribution in [3.8, 4) is 0 Å². The summed E-state index contributed by atoms with van der Waals surface area (Å²) in [4.78, 5) is 10.9. The van der Waals surface area contributed by atoms with Crippen LogP contribution in [0.1, 0.15) is 12.5 Å². The molecule has 1 aromatic rings. The van der Waals surface area contributed by atoms with Gasteiger partial charge in [-0.3, -0.25) is 0 Å². The molecule has 0 spiro atoms. The minimum absolute atomic E-state index is 0.325. The topological polar surface area (TPSA) is 29.1 Å². The number of aldehydes is 1. The van der Waals surface area contributed by atoms with Crippen molar-refractivity contribution in [2.24, 2.45) is 0 Å². The van der Waals surface area contributed by atoms with Gasteiger partial charge in [-0.05, 0) is 24.6 Å². The third kappa shape index (κ3) is 1.20. The Hall–Kier alpha value is -1.09. The fourth-order valence-electron chi connectivity index (χ4n) is 1.68. The summed E-state index contributed by atoms with van der Waals surface area (Å²) in [6.45, 7) is 2.23. The molecule has 0 saturated heterocycles. The van der Waals surface area contributed by atoms with Gasteiger partial charge in [-0.1, -0.05) is 11.6 Å². The first-order valence-corrected chi connectivity index (χ1v) is 4.64. The quantitative estimate of drug-likeness (QED) is 0.726. The molecule has 0 saturated carbocycles. The zero-order chi connectivity index (χ0) is 10.3. The standard InChI is InChI=1S/C10H9ClFNO/c1-10(5-14)4-13-9-7(10)2-6(12)3-8(9)11/h2-3,5,13H,4H2,1H3. The Morgan fingerprint density at radius 2 is 2.36 bits per heavy atom. The van der Waals surface area contributed by atoms with Gasteiger partial charge in [0.2, 0.25) is 0 Å². The van der Waals surface area contributed by atoms with Crippen LogP contribution in [0.25, 0.3) is 0 Å². The molecule has 0 aromatic heterocycles. The van der Waals surface area contributed by atoms with E-state index in [4.69, 9.17) is 11.6 Å². The van der Waals surface area contributed by atoms with Crippen molar-refractivity contribution in [3.63, 3.8) is 0 Å². The van der Waals surface area contributed by atoms with E-state index >= 15 is 0 Å². The lowest BCUT2D eigenvalue weighted by Crippen LogP contribution is -2.25. The predicted molar refractivity (Wildman–Crippen MR) is 53.3 cm³/mol. The number of nitrogens with one attached hydrogen (secondary N) is 1. The Bertz CT molecular complexity index is 407. The highest BCUT2D eigenvalue weighted by Gasteiger charge is 2.35. The maximum absolute atomic E-state index is 13.1. The van der Waals surface area contributed by atoms with Gasteiger partial charge in [0.05, 0.1) is 16.1 Å². The summed E-state index contributed by atoms with van der Waals surface area (Å²) in [6.07, 6.45) is 0.821. The van der Waals surface area contributed by atoms with Crippen molar-refractivity contribution < 1.29 is 9.18 Å². The van der Waals surface area contributed by atoms with Gasteiger partial charge in [0.1, 0.15) is 12.1 Å². The molecule has 74 valence electrons. The van der Waals surface area contributed by atoms with E-state index in [1.165, 1.54) is 12.1 Å². The van der Waals surface area contributed by atoms with E-state index in [1.807, 2.05) is 0 Å². The van der Waals surface area contributed by atoms with E-state index in [9.17, 15) is 9.18 Å². The number of anilines is 1. The molecule has 1 atom stereocenters. The minimum Gasteiger partial charge on any atom is -0.382 e. The summed E-state index contributed by atoms with van der Waals surface area (Å²) in [6, 6.07) is 2.60. The number of benzene rings is 1. The van der Waals surface area contributed by atoms with E-state index in [1.54, 1.807) is 6.92 Å². The van der Waals surface area contributed by atoms with E-state index < -0.39 is 11.2 Å². The predicted octanol–water partition coefficient (Wildman–Crippen LogP) is 2.36. The van der Waals surface area contributed by atoms with Gasteiger partial charge in [-0.2, -0.15) is 0 Å². The fraction of sp³-hybridized carbons (Fsp3) is 0.300. The molecule has 1 aliphatic heterocycles. The van der Waals surface area contributed by atoms with Crippen LogP contribution in [0.2, 0.25) is 5.02 Å². The molecular formula is C10H9ClFNO. The Morgan fingerprint density at radius 1 is 1.64 bits per heavy atom. The molecule has 14 heavy (non-hydrogen) atoms. The van der Waals surface area contributed by atoms with Crippen LogP contribution in [-0.2, 0) is 10.2 Å². The van der Waals surface area contributed by atoms with Gasteiger partial charge >= 0.3 is 0 Å². The van der Waals surface area contributed by atoms with Crippen molar-refractivity contribution in [2.75, 3.05) is 11.9 Å². The van der Waals surface area contributed by atoms with E-state index in [0.717, 1.165) is 6.29 Å². The molecule has 0 aliphatic carbocycles. The first kappa shape index (κ1) is 9.46. The molecule has 0 bridgehead atoms. The number of hydrogen-bond acceptors (Lipinski definition) is 2. The first-order chi connectivity index (χ1) is 6.57. The number of hydrogen-bond donors (Lipinski definition) is 1. The summed E-state index contributed by atoms with van der Waals surface area (Å²) in [7, 11) is 0. The molecule has 1 aliphatic rings. The van der Waals surface area contributed by atoms with Crippen LogP contribution in [0, 0.1) is 5.82 Å². The number of carbonyl (C=O) groups is 1. The zero-order valence-corrected chi connectivity index (χ0v) is 8.36. The van der Waals surface area contributed by atoms with Crippen molar-refractivity contribution in [3.05, 3.63) is 28.5 Å². The second-order valence-corrected chi connectivity index (χ2v) is 4.11. The van der Waals surface area contributed by atoms with Crippen molar-refractivity contribution >= 4 is 23.6 Å². The van der Waals surface area contributed by atoms with Gasteiger partial charge in [-0.25, -0.2) is 4.39 Å². The Labute approximate surface area is 86.1 Å². The molecule has 2 nitrogen and oxygen atoms in total. The monoisotopic (exact) mass is 213 g/mol. The molecule has 1 heterocycles. The smallest absolute Gasteiger partial charge is 0.132 e.